The van der Waals surface area contributed by atoms with E-state index in [0.717, 1.165) is 24.3 Å². The van der Waals surface area contributed by atoms with Crippen molar-refractivity contribution in [3.05, 3.63) is 77.5 Å². The zero-order valence-electron chi connectivity index (χ0n) is 12.1. The minimum atomic E-state index is -4.57. The molecular weight excluding hydrogens is 323 g/mol. The molecule has 2 aromatic carbocycles. The molecule has 0 unspecified atom stereocenters. The fourth-order valence-corrected chi connectivity index (χ4v) is 1.89. The third-order valence-corrected chi connectivity index (χ3v) is 3.02. The van der Waals surface area contributed by atoms with Crippen molar-refractivity contribution in [1.82, 2.24) is 0 Å². The summed E-state index contributed by atoms with van der Waals surface area (Å²) in [6, 6.07) is 11.8. The number of rotatable bonds is 5. The van der Waals surface area contributed by atoms with Crippen molar-refractivity contribution < 1.29 is 27.9 Å². The van der Waals surface area contributed by atoms with Crippen LogP contribution < -0.4 is 10.4 Å². The highest BCUT2D eigenvalue weighted by atomic mass is 19.4. The van der Waals surface area contributed by atoms with E-state index < -0.39 is 29.2 Å². The molecule has 24 heavy (non-hydrogen) atoms. The lowest BCUT2D eigenvalue weighted by Crippen LogP contribution is -2.29. The number of aliphatic carboxylic acids is 1. The van der Waals surface area contributed by atoms with Gasteiger partial charge in [0, 0.05) is 17.3 Å². The second-order valence-corrected chi connectivity index (χ2v) is 4.78. The number of allylic oxidation sites excluding steroid dienone is 1. The first-order valence-electron chi connectivity index (χ1n) is 6.74. The Labute approximate surface area is 135 Å². The van der Waals surface area contributed by atoms with Crippen molar-refractivity contribution in [2.45, 2.75) is 6.18 Å². The summed E-state index contributed by atoms with van der Waals surface area (Å²) >= 11 is 0. The molecule has 0 aliphatic carbocycles. The molecule has 0 saturated carbocycles. The summed E-state index contributed by atoms with van der Waals surface area (Å²) in [5.41, 5.74) is -1.47. The molecule has 2 aromatic rings. The van der Waals surface area contributed by atoms with E-state index in [4.69, 9.17) is 0 Å². The summed E-state index contributed by atoms with van der Waals surface area (Å²) in [5.74, 6) is -2.33. The Morgan fingerprint density at radius 1 is 1.00 bits per heavy atom. The minimum Gasteiger partial charge on any atom is -0.543 e. The molecule has 0 aliphatic heterocycles. The van der Waals surface area contributed by atoms with Crippen molar-refractivity contribution in [2.24, 2.45) is 0 Å². The number of alkyl halides is 3. The van der Waals surface area contributed by atoms with Gasteiger partial charge in [-0.15, -0.1) is 0 Å². The van der Waals surface area contributed by atoms with E-state index in [2.05, 4.69) is 5.32 Å². The second-order valence-electron chi connectivity index (χ2n) is 4.78. The van der Waals surface area contributed by atoms with Gasteiger partial charge in [0.15, 0.2) is 5.78 Å². The van der Waals surface area contributed by atoms with E-state index in [1.807, 2.05) is 0 Å². The fourth-order valence-electron chi connectivity index (χ4n) is 1.89. The highest BCUT2D eigenvalue weighted by Gasteiger charge is 2.30. The van der Waals surface area contributed by atoms with Gasteiger partial charge in [-0.3, -0.25) is 4.79 Å². The number of nitrogens with one attached hydrogen (secondary N) is 1. The standard InChI is InChI=1S/C17H12F3NO3/c18-17(19,20)12-7-4-8-13(9-12)21-14(16(23)24)10-15(22)11-5-2-1-3-6-11/h1-10,21H,(H,23,24)/p-1/b14-10+. The van der Waals surface area contributed by atoms with Crippen LogP contribution in [0.25, 0.3) is 0 Å². The lowest BCUT2D eigenvalue weighted by molar-refractivity contribution is -0.299. The van der Waals surface area contributed by atoms with Gasteiger partial charge >= 0.3 is 6.18 Å². The number of hydrogen-bond donors (Lipinski definition) is 1. The smallest absolute Gasteiger partial charge is 0.416 e. The number of halogens is 3. The van der Waals surface area contributed by atoms with Crippen molar-refractivity contribution in [1.29, 1.82) is 0 Å². The maximum atomic E-state index is 12.7. The van der Waals surface area contributed by atoms with Crippen molar-refractivity contribution in [3.8, 4) is 0 Å². The molecule has 0 radical (unpaired) electrons. The quantitative estimate of drug-likeness (QED) is 0.674. The maximum Gasteiger partial charge on any atom is 0.416 e. The molecule has 0 bridgehead atoms. The van der Waals surface area contributed by atoms with Crippen LogP contribution in [0.1, 0.15) is 15.9 Å². The summed E-state index contributed by atoms with van der Waals surface area (Å²) in [6.07, 6.45) is -3.80. The van der Waals surface area contributed by atoms with Gasteiger partial charge in [-0.05, 0) is 18.2 Å². The van der Waals surface area contributed by atoms with E-state index in [9.17, 15) is 27.9 Å². The topological polar surface area (TPSA) is 69.2 Å². The molecule has 4 nitrogen and oxygen atoms in total. The molecule has 0 fully saturated rings. The number of anilines is 1. The van der Waals surface area contributed by atoms with Crippen LogP contribution in [0.3, 0.4) is 0 Å². The molecular formula is C17H11F3NO3-. The first-order chi connectivity index (χ1) is 11.3. The Morgan fingerprint density at radius 2 is 1.67 bits per heavy atom. The van der Waals surface area contributed by atoms with E-state index in [-0.39, 0.29) is 11.3 Å². The van der Waals surface area contributed by atoms with Gasteiger partial charge in [0.2, 0.25) is 0 Å². The molecule has 2 rings (SSSR count). The Balaban J connectivity index is 2.28. The molecule has 0 saturated heterocycles. The predicted molar refractivity (Wildman–Crippen MR) is 78.9 cm³/mol. The van der Waals surface area contributed by atoms with Gasteiger partial charge in [-0.2, -0.15) is 13.2 Å². The molecule has 0 aliphatic rings. The number of benzene rings is 2. The number of carboxylic acids is 1. The van der Waals surface area contributed by atoms with Crippen LogP contribution in [-0.4, -0.2) is 11.8 Å². The SMILES string of the molecule is O=C([O-])/C(=C\C(=O)c1ccccc1)Nc1cccc(C(F)(F)F)c1. The van der Waals surface area contributed by atoms with E-state index >= 15 is 0 Å². The van der Waals surface area contributed by atoms with Crippen LogP contribution in [0.2, 0.25) is 0 Å². The summed E-state index contributed by atoms with van der Waals surface area (Å²) in [4.78, 5) is 23.1. The van der Waals surface area contributed by atoms with Gasteiger partial charge in [-0.25, -0.2) is 0 Å². The Kier molecular flexibility index (Phi) is 5.03. The highest BCUT2D eigenvalue weighted by molar-refractivity contribution is 6.08. The summed E-state index contributed by atoms with van der Waals surface area (Å²) in [7, 11) is 0. The molecule has 0 heterocycles. The molecule has 0 amide bonds. The van der Waals surface area contributed by atoms with Crippen molar-refractivity contribution in [3.63, 3.8) is 0 Å². The fraction of sp³-hybridized carbons (Fsp3) is 0.0588. The first-order valence-corrected chi connectivity index (χ1v) is 6.74. The van der Waals surface area contributed by atoms with Gasteiger partial charge in [0.05, 0.1) is 17.2 Å². The van der Waals surface area contributed by atoms with Crippen LogP contribution in [0.4, 0.5) is 18.9 Å². The minimum absolute atomic E-state index is 0.124. The van der Waals surface area contributed by atoms with Gasteiger partial charge < -0.3 is 15.2 Å². The second kappa shape index (κ2) is 6.99. The number of hydrogen-bond acceptors (Lipinski definition) is 4. The van der Waals surface area contributed by atoms with Gasteiger partial charge in [0.1, 0.15) is 0 Å². The summed E-state index contributed by atoms with van der Waals surface area (Å²) in [6.45, 7) is 0. The van der Waals surface area contributed by atoms with Crippen LogP contribution in [-0.2, 0) is 11.0 Å². The zero-order chi connectivity index (χ0) is 17.7. The summed E-state index contributed by atoms with van der Waals surface area (Å²) < 4.78 is 38.0. The Hall–Kier alpha value is -3.09. The Morgan fingerprint density at radius 3 is 2.25 bits per heavy atom. The lowest BCUT2D eigenvalue weighted by Gasteiger charge is -2.14. The van der Waals surface area contributed by atoms with Gasteiger partial charge in [0.25, 0.3) is 0 Å². The molecule has 7 heteroatoms. The zero-order valence-corrected chi connectivity index (χ0v) is 12.1. The van der Waals surface area contributed by atoms with Crippen LogP contribution >= 0.6 is 0 Å². The van der Waals surface area contributed by atoms with E-state index in [0.29, 0.717) is 0 Å². The third kappa shape index (κ3) is 4.45. The molecule has 1 N–H and O–H groups in total. The monoisotopic (exact) mass is 334 g/mol. The molecule has 0 spiro atoms. The summed E-state index contributed by atoms with van der Waals surface area (Å²) in [5, 5.41) is 13.4. The number of carbonyl (C=O) groups is 2. The average Bonchev–Trinajstić information content (AvgIpc) is 2.54. The average molecular weight is 334 g/mol. The number of carboxylic acid groups (broad SMARTS) is 1. The van der Waals surface area contributed by atoms with Crippen LogP contribution in [0.15, 0.2) is 66.4 Å². The van der Waals surface area contributed by atoms with Crippen molar-refractivity contribution in [2.75, 3.05) is 5.32 Å². The molecule has 0 atom stereocenters. The molecule has 0 aromatic heterocycles. The highest BCUT2D eigenvalue weighted by Crippen LogP contribution is 2.30. The number of carbonyl (C=O) groups excluding carboxylic acids is 2. The Bertz CT molecular complexity index is 783. The largest absolute Gasteiger partial charge is 0.543 e. The van der Waals surface area contributed by atoms with Crippen LogP contribution in [0.5, 0.6) is 0 Å². The van der Waals surface area contributed by atoms with E-state index in [1.54, 1.807) is 18.2 Å². The van der Waals surface area contributed by atoms with Crippen molar-refractivity contribution >= 4 is 17.4 Å². The van der Waals surface area contributed by atoms with Crippen LogP contribution in [0, 0.1) is 0 Å². The third-order valence-electron chi connectivity index (χ3n) is 3.02. The molecule has 124 valence electrons. The maximum absolute atomic E-state index is 12.7. The first kappa shape index (κ1) is 17.3. The predicted octanol–water partition coefficient (Wildman–Crippen LogP) is 2.63. The van der Waals surface area contributed by atoms with Gasteiger partial charge in [-0.1, -0.05) is 36.4 Å². The number of ketones is 1. The lowest BCUT2D eigenvalue weighted by atomic mass is 10.1. The van der Waals surface area contributed by atoms with E-state index in [1.165, 1.54) is 18.2 Å². The normalized spacial score (nSPS) is 11.9.